The van der Waals surface area contributed by atoms with Gasteiger partial charge in [0.2, 0.25) is 0 Å². The van der Waals surface area contributed by atoms with E-state index in [-0.39, 0.29) is 10.8 Å². The zero-order valence-corrected chi connectivity index (χ0v) is 41.0. The fourth-order valence-corrected chi connectivity index (χ4v) is 17.0. The summed E-state index contributed by atoms with van der Waals surface area (Å²) in [6.07, 6.45) is 0. The van der Waals surface area contributed by atoms with Crippen molar-refractivity contribution in [2.45, 2.75) is 51.6 Å². The summed E-state index contributed by atoms with van der Waals surface area (Å²) < 4.78 is 0. The second kappa shape index (κ2) is 13.3. The van der Waals surface area contributed by atoms with Crippen LogP contribution in [0.5, 0.6) is 0 Å². The van der Waals surface area contributed by atoms with Gasteiger partial charge in [-0.2, -0.15) is 0 Å². The van der Waals surface area contributed by atoms with Gasteiger partial charge < -0.3 is 0 Å². The van der Waals surface area contributed by atoms with Gasteiger partial charge in [0, 0.05) is 10.8 Å². The number of fused-ring (bicyclic) bond motifs is 11. The van der Waals surface area contributed by atoms with E-state index < -0.39 is 8.07 Å². The van der Waals surface area contributed by atoms with E-state index in [4.69, 9.17) is 0 Å². The summed E-state index contributed by atoms with van der Waals surface area (Å²) in [5, 5.41) is 16.2. The molecule has 0 fully saturated rings. The molecule has 0 saturated carbocycles. The van der Waals surface area contributed by atoms with E-state index in [9.17, 15) is 0 Å². The van der Waals surface area contributed by atoms with Crippen molar-refractivity contribution in [3.05, 3.63) is 216 Å². The summed E-state index contributed by atoms with van der Waals surface area (Å²) in [5.74, 6) is 0. The Morgan fingerprint density at radius 2 is 0.812 bits per heavy atom. The second-order valence-electron chi connectivity index (χ2n) is 22.0. The quantitative estimate of drug-likeness (QED) is 0.0942. The van der Waals surface area contributed by atoms with Crippen LogP contribution in [0.15, 0.2) is 194 Å². The molecule has 2 aliphatic carbocycles. The van der Waals surface area contributed by atoms with Crippen LogP contribution in [0.1, 0.15) is 49.9 Å². The van der Waals surface area contributed by atoms with E-state index in [2.05, 4.69) is 235 Å². The molecular weight excluding hydrogens is 845 g/mol. The monoisotopic (exact) mass is 894 g/mol. The molecule has 1 heteroatoms. The first-order valence-electron chi connectivity index (χ1n) is 24.8. The fourth-order valence-electron chi connectivity index (χ4n) is 13.9. The van der Waals surface area contributed by atoms with Gasteiger partial charge in [0.15, 0.2) is 0 Å². The van der Waals surface area contributed by atoms with Gasteiger partial charge in [0.25, 0.3) is 0 Å². The lowest BCUT2D eigenvalue weighted by atomic mass is 9.79. The van der Waals surface area contributed by atoms with Crippen LogP contribution >= 0.6 is 0 Å². The highest BCUT2D eigenvalue weighted by atomic mass is 28.3. The SMILES string of the molecule is CC1(C)c2ccccc2-c2ccc(-c3c4ccc(-c5cc6cccc7ccc8cccc5c8c76)cc4c(-c4ccc5c(c4)C(C)(C)c4ccccc4-5)c4cc5c(cc34)-c3ccccc3[Si]5(C)C)cc21. The van der Waals surface area contributed by atoms with Crippen LogP contribution in [-0.4, -0.2) is 8.07 Å². The summed E-state index contributed by atoms with van der Waals surface area (Å²) in [6.45, 7) is 14.8. The topological polar surface area (TPSA) is 0 Å². The second-order valence-corrected chi connectivity index (χ2v) is 26.3. The van der Waals surface area contributed by atoms with Crippen LogP contribution in [-0.2, 0) is 10.8 Å². The predicted molar refractivity (Wildman–Crippen MR) is 299 cm³/mol. The zero-order chi connectivity index (χ0) is 46.3. The van der Waals surface area contributed by atoms with E-state index in [0.717, 1.165) is 0 Å². The zero-order valence-electron chi connectivity index (χ0n) is 40.0. The van der Waals surface area contributed by atoms with Crippen LogP contribution in [0.2, 0.25) is 13.1 Å². The fraction of sp³-hybridized carbons (Fsp3) is 0.118. The molecule has 0 radical (unpaired) electrons. The van der Waals surface area contributed by atoms with Gasteiger partial charge in [0.05, 0.1) is 0 Å². The van der Waals surface area contributed by atoms with E-state index >= 15 is 0 Å². The van der Waals surface area contributed by atoms with E-state index in [0.29, 0.717) is 0 Å². The molecule has 1 aliphatic heterocycles. The molecule has 15 rings (SSSR count). The van der Waals surface area contributed by atoms with Gasteiger partial charge >= 0.3 is 0 Å². The highest BCUT2D eigenvalue weighted by Gasteiger charge is 2.40. The van der Waals surface area contributed by atoms with Crippen LogP contribution in [0.4, 0.5) is 0 Å². The Balaban J connectivity index is 1.09. The van der Waals surface area contributed by atoms with E-state index in [1.807, 2.05) is 0 Å². The molecular formula is C68H50Si. The Morgan fingerprint density at radius 1 is 0.290 bits per heavy atom. The van der Waals surface area contributed by atoms with Gasteiger partial charge in [-0.15, -0.1) is 0 Å². The minimum Gasteiger partial charge on any atom is -0.0623 e. The maximum atomic E-state index is 2.67. The normalized spacial score (nSPS) is 15.4. The van der Waals surface area contributed by atoms with Crippen molar-refractivity contribution in [1.29, 1.82) is 0 Å². The molecule has 69 heavy (non-hydrogen) atoms. The number of benzene rings is 12. The van der Waals surface area contributed by atoms with Crippen molar-refractivity contribution in [1.82, 2.24) is 0 Å². The maximum absolute atomic E-state index is 2.67. The number of hydrogen-bond acceptors (Lipinski definition) is 0. The molecule has 0 bridgehead atoms. The van der Waals surface area contributed by atoms with Crippen molar-refractivity contribution in [2.24, 2.45) is 0 Å². The van der Waals surface area contributed by atoms with Gasteiger partial charge in [0.1, 0.15) is 8.07 Å². The predicted octanol–water partition coefficient (Wildman–Crippen LogP) is 17.3. The van der Waals surface area contributed by atoms with Crippen molar-refractivity contribution >= 4 is 72.3 Å². The Labute approximate surface area is 404 Å². The lowest BCUT2D eigenvalue weighted by molar-refractivity contribution is 0.660. The Kier molecular flexibility index (Phi) is 7.62. The summed E-state index contributed by atoms with van der Waals surface area (Å²) in [5.41, 5.74) is 21.3. The first-order valence-corrected chi connectivity index (χ1v) is 27.8. The maximum Gasteiger partial charge on any atom is 0.113 e. The molecule has 0 atom stereocenters. The van der Waals surface area contributed by atoms with Gasteiger partial charge in [-0.3, -0.25) is 0 Å². The Morgan fingerprint density at radius 3 is 1.49 bits per heavy atom. The molecule has 3 aliphatic rings. The lowest BCUT2D eigenvalue weighted by Gasteiger charge is -2.25. The molecule has 0 nitrogen and oxygen atoms in total. The standard InChI is InChI=1S/C68H50Si/c1-67(2)57-22-10-7-18-45(57)47-30-28-43(35-59(47)67)64-51-32-27-41(52-34-42-17-13-15-39-25-26-40-16-14-21-50(52)66(40)63(39)42)33-54(51)65(44-29-31-48-46-19-8-11-23-58(46)68(3,4)60(48)36-44)56-38-62-53(37-55(56)64)49-20-9-12-24-61(49)69(62,5)6/h7-38H,1-6H3. The molecule has 326 valence electrons. The Hall–Kier alpha value is -7.58. The van der Waals surface area contributed by atoms with E-state index in [1.165, 1.54) is 153 Å². The molecule has 0 amide bonds. The Bertz CT molecular complexity index is 4270. The van der Waals surface area contributed by atoms with Crippen LogP contribution in [0.3, 0.4) is 0 Å². The van der Waals surface area contributed by atoms with Gasteiger partial charge in [-0.05, 0) is 184 Å². The average molecular weight is 895 g/mol. The molecule has 0 aromatic heterocycles. The molecule has 0 N–H and O–H groups in total. The van der Waals surface area contributed by atoms with Crippen molar-refractivity contribution in [3.63, 3.8) is 0 Å². The van der Waals surface area contributed by atoms with Gasteiger partial charge in [-0.1, -0.05) is 205 Å². The van der Waals surface area contributed by atoms with Crippen LogP contribution < -0.4 is 10.4 Å². The summed E-state index contributed by atoms with van der Waals surface area (Å²) in [6, 6.07) is 75.6. The third-order valence-corrected chi connectivity index (χ3v) is 20.9. The molecule has 12 aromatic rings. The molecule has 12 aromatic carbocycles. The van der Waals surface area contributed by atoms with Crippen molar-refractivity contribution in [2.75, 3.05) is 0 Å². The van der Waals surface area contributed by atoms with Crippen LogP contribution in [0.25, 0.3) is 121 Å². The first-order chi connectivity index (χ1) is 33.5. The smallest absolute Gasteiger partial charge is 0.0623 e. The van der Waals surface area contributed by atoms with Crippen molar-refractivity contribution < 1.29 is 0 Å². The van der Waals surface area contributed by atoms with Crippen molar-refractivity contribution in [3.8, 4) is 66.8 Å². The first kappa shape index (κ1) is 39.4. The largest absolute Gasteiger partial charge is 0.113 e. The molecule has 1 heterocycles. The van der Waals surface area contributed by atoms with E-state index in [1.54, 1.807) is 0 Å². The molecule has 0 spiro atoms. The minimum atomic E-state index is -2.07. The van der Waals surface area contributed by atoms with Gasteiger partial charge in [-0.25, -0.2) is 0 Å². The summed E-state index contributed by atoms with van der Waals surface area (Å²) in [4.78, 5) is 0. The highest BCUT2D eigenvalue weighted by Crippen LogP contribution is 2.54. The van der Waals surface area contributed by atoms with Crippen LogP contribution in [0, 0.1) is 0 Å². The third kappa shape index (κ3) is 5.08. The summed E-state index contributed by atoms with van der Waals surface area (Å²) in [7, 11) is -2.07. The summed E-state index contributed by atoms with van der Waals surface area (Å²) >= 11 is 0. The minimum absolute atomic E-state index is 0.126. The highest BCUT2D eigenvalue weighted by molar-refractivity contribution is 7.04. The lowest BCUT2D eigenvalue weighted by Crippen LogP contribution is -2.49. The number of hydrogen-bond donors (Lipinski definition) is 0. The molecule has 0 saturated heterocycles. The molecule has 0 unspecified atom stereocenters. The average Bonchev–Trinajstić information content (AvgIpc) is 3.85. The number of rotatable bonds is 3. The third-order valence-electron chi connectivity index (χ3n) is 17.4.